The number of benzene rings is 1. The van der Waals surface area contributed by atoms with E-state index in [1.807, 2.05) is 19.9 Å². The normalized spacial score (nSPS) is 22.0. The van der Waals surface area contributed by atoms with Crippen molar-refractivity contribution in [3.05, 3.63) is 28.3 Å². The van der Waals surface area contributed by atoms with Gasteiger partial charge in [0, 0.05) is 29.9 Å². The molecule has 1 saturated heterocycles. The predicted octanol–water partition coefficient (Wildman–Crippen LogP) is 2.55. The highest BCUT2D eigenvalue weighted by atomic mass is 16.6. The summed E-state index contributed by atoms with van der Waals surface area (Å²) >= 11 is 0. The Bertz CT molecular complexity index is 496. The number of non-ortho nitro benzene ring substituents is 1. The lowest BCUT2D eigenvalue weighted by atomic mass is 10.0. The highest BCUT2D eigenvalue weighted by Crippen LogP contribution is 2.30. The summed E-state index contributed by atoms with van der Waals surface area (Å²) in [5.41, 5.74) is 0.686. The molecular formula is C14H21N3O3. The van der Waals surface area contributed by atoms with Crippen LogP contribution in [0, 0.1) is 10.1 Å². The van der Waals surface area contributed by atoms with Gasteiger partial charge in [-0.05, 0) is 33.7 Å². The minimum Gasteiger partial charge on any atom is -0.491 e. The standard InChI is InChI=1S/C14H21N3O3/c1-10(2)20-13-7-11(6-12(8-13)17(18)19)16-14(3)4-5-15-9-14/h6-8,10,15-16H,4-5,9H2,1-3H3. The molecule has 0 bridgehead atoms. The first-order chi connectivity index (χ1) is 9.38. The second kappa shape index (κ2) is 5.66. The van der Waals surface area contributed by atoms with Crippen LogP contribution in [0.25, 0.3) is 0 Å². The molecule has 1 aliphatic heterocycles. The van der Waals surface area contributed by atoms with Crippen molar-refractivity contribution >= 4 is 11.4 Å². The molecule has 1 unspecified atom stereocenters. The summed E-state index contributed by atoms with van der Waals surface area (Å²) in [6.07, 6.45) is 0.962. The van der Waals surface area contributed by atoms with E-state index < -0.39 is 4.92 Å². The maximum Gasteiger partial charge on any atom is 0.275 e. The molecule has 6 heteroatoms. The van der Waals surface area contributed by atoms with Gasteiger partial charge < -0.3 is 15.4 Å². The minimum atomic E-state index is -0.395. The average molecular weight is 279 g/mol. The van der Waals surface area contributed by atoms with Crippen molar-refractivity contribution < 1.29 is 9.66 Å². The Morgan fingerprint density at radius 3 is 2.75 bits per heavy atom. The van der Waals surface area contributed by atoms with Crippen molar-refractivity contribution in [3.63, 3.8) is 0 Å². The van der Waals surface area contributed by atoms with Crippen molar-refractivity contribution in [3.8, 4) is 5.75 Å². The maximum atomic E-state index is 11.0. The maximum absolute atomic E-state index is 11.0. The topological polar surface area (TPSA) is 76.4 Å². The van der Waals surface area contributed by atoms with Gasteiger partial charge in [-0.1, -0.05) is 0 Å². The largest absolute Gasteiger partial charge is 0.491 e. The highest BCUT2D eigenvalue weighted by Gasteiger charge is 2.28. The van der Waals surface area contributed by atoms with Crippen LogP contribution in [-0.4, -0.2) is 29.7 Å². The third-order valence-electron chi connectivity index (χ3n) is 3.29. The fourth-order valence-electron chi connectivity index (χ4n) is 2.37. The van der Waals surface area contributed by atoms with Crippen molar-refractivity contribution in [2.24, 2.45) is 0 Å². The molecule has 1 aromatic carbocycles. The van der Waals surface area contributed by atoms with Crippen LogP contribution in [-0.2, 0) is 0 Å². The summed E-state index contributed by atoms with van der Waals surface area (Å²) in [4.78, 5) is 10.6. The molecule has 1 fully saturated rings. The van der Waals surface area contributed by atoms with Crippen LogP contribution >= 0.6 is 0 Å². The number of anilines is 1. The van der Waals surface area contributed by atoms with Crippen LogP contribution in [0.3, 0.4) is 0 Å². The zero-order valence-electron chi connectivity index (χ0n) is 12.1. The van der Waals surface area contributed by atoms with Crippen LogP contribution < -0.4 is 15.4 Å². The molecule has 0 radical (unpaired) electrons. The van der Waals surface area contributed by atoms with Crippen LogP contribution in [0.2, 0.25) is 0 Å². The van der Waals surface area contributed by atoms with Gasteiger partial charge in [0.25, 0.3) is 5.69 Å². The van der Waals surface area contributed by atoms with Crippen molar-refractivity contribution in [1.29, 1.82) is 0 Å². The van der Waals surface area contributed by atoms with E-state index in [-0.39, 0.29) is 17.3 Å². The molecule has 2 N–H and O–H groups in total. The van der Waals surface area contributed by atoms with Gasteiger partial charge in [0.2, 0.25) is 0 Å². The van der Waals surface area contributed by atoms with Crippen LogP contribution in [0.4, 0.5) is 11.4 Å². The molecule has 1 heterocycles. The van der Waals surface area contributed by atoms with E-state index in [0.29, 0.717) is 5.75 Å². The first kappa shape index (κ1) is 14.6. The van der Waals surface area contributed by atoms with Gasteiger partial charge in [-0.25, -0.2) is 0 Å². The molecule has 6 nitrogen and oxygen atoms in total. The number of nitrogens with one attached hydrogen (secondary N) is 2. The van der Waals surface area contributed by atoms with Gasteiger partial charge >= 0.3 is 0 Å². The van der Waals surface area contributed by atoms with Crippen LogP contribution in [0.1, 0.15) is 27.2 Å². The summed E-state index contributed by atoms with van der Waals surface area (Å²) in [6, 6.07) is 4.83. The number of hydrogen-bond acceptors (Lipinski definition) is 5. The van der Waals surface area contributed by atoms with Crippen LogP contribution in [0.15, 0.2) is 18.2 Å². The Hall–Kier alpha value is -1.82. The lowest BCUT2D eigenvalue weighted by Crippen LogP contribution is -2.36. The van der Waals surface area contributed by atoms with Crippen LogP contribution in [0.5, 0.6) is 5.75 Å². The summed E-state index contributed by atoms with van der Waals surface area (Å²) in [5, 5.41) is 17.7. The number of nitrogens with zero attached hydrogens (tertiary/aromatic N) is 1. The van der Waals surface area contributed by atoms with E-state index in [1.165, 1.54) is 6.07 Å². The van der Waals surface area contributed by atoms with Gasteiger partial charge in [0.05, 0.1) is 17.1 Å². The number of hydrogen-bond donors (Lipinski definition) is 2. The molecule has 0 spiro atoms. The van der Waals surface area contributed by atoms with Crippen molar-refractivity contribution in [2.75, 3.05) is 18.4 Å². The van der Waals surface area contributed by atoms with Gasteiger partial charge in [-0.15, -0.1) is 0 Å². The van der Waals surface area contributed by atoms with Crippen molar-refractivity contribution in [2.45, 2.75) is 38.8 Å². The van der Waals surface area contributed by atoms with Crippen molar-refractivity contribution in [1.82, 2.24) is 5.32 Å². The summed E-state index contributed by atoms with van der Waals surface area (Å²) in [6.45, 7) is 7.70. The Morgan fingerprint density at radius 2 is 2.20 bits per heavy atom. The lowest BCUT2D eigenvalue weighted by Gasteiger charge is -2.26. The Labute approximate surface area is 118 Å². The number of rotatable bonds is 5. The molecular weight excluding hydrogens is 258 g/mol. The molecule has 110 valence electrons. The fourth-order valence-corrected chi connectivity index (χ4v) is 2.37. The molecule has 0 amide bonds. The molecule has 1 atom stereocenters. The average Bonchev–Trinajstić information content (AvgIpc) is 2.74. The second-order valence-corrected chi connectivity index (χ2v) is 5.75. The van der Waals surface area contributed by atoms with E-state index in [4.69, 9.17) is 4.74 Å². The summed E-state index contributed by atoms with van der Waals surface area (Å²) in [7, 11) is 0. The number of ether oxygens (including phenoxy) is 1. The van der Waals surface area contributed by atoms with E-state index in [2.05, 4.69) is 17.6 Å². The van der Waals surface area contributed by atoms with E-state index in [0.717, 1.165) is 25.2 Å². The molecule has 0 saturated carbocycles. The van der Waals surface area contributed by atoms with E-state index >= 15 is 0 Å². The van der Waals surface area contributed by atoms with Gasteiger partial charge in [-0.2, -0.15) is 0 Å². The second-order valence-electron chi connectivity index (χ2n) is 5.75. The Kier molecular flexibility index (Phi) is 4.13. The smallest absolute Gasteiger partial charge is 0.275 e. The quantitative estimate of drug-likeness (QED) is 0.640. The molecule has 1 aliphatic rings. The minimum absolute atomic E-state index is 0.0198. The lowest BCUT2D eigenvalue weighted by molar-refractivity contribution is -0.384. The Balaban J connectivity index is 2.26. The summed E-state index contributed by atoms with van der Waals surface area (Å²) < 4.78 is 5.58. The molecule has 0 aliphatic carbocycles. The van der Waals surface area contributed by atoms with Gasteiger partial charge in [0.15, 0.2) is 0 Å². The molecule has 2 rings (SSSR count). The first-order valence-corrected chi connectivity index (χ1v) is 6.83. The monoisotopic (exact) mass is 279 g/mol. The van der Waals surface area contributed by atoms with E-state index in [1.54, 1.807) is 6.07 Å². The first-order valence-electron chi connectivity index (χ1n) is 6.83. The zero-order valence-corrected chi connectivity index (χ0v) is 12.1. The Morgan fingerprint density at radius 1 is 1.45 bits per heavy atom. The van der Waals surface area contributed by atoms with E-state index in [9.17, 15) is 10.1 Å². The summed E-state index contributed by atoms with van der Waals surface area (Å²) in [5.74, 6) is 0.520. The third kappa shape index (κ3) is 3.60. The zero-order chi connectivity index (χ0) is 14.8. The molecule has 1 aromatic rings. The third-order valence-corrected chi connectivity index (χ3v) is 3.29. The molecule has 0 aromatic heterocycles. The fraction of sp³-hybridized carbons (Fsp3) is 0.571. The number of nitro groups is 1. The SMILES string of the molecule is CC(C)Oc1cc(NC2(C)CCNC2)cc([N+](=O)[O-])c1. The van der Waals surface area contributed by atoms with Gasteiger partial charge in [0.1, 0.15) is 5.75 Å². The number of nitro benzene ring substituents is 1. The molecule has 20 heavy (non-hydrogen) atoms. The van der Waals surface area contributed by atoms with Gasteiger partial charge in [-0.3, -0.25) is 10.1 Å². The predicted molar refractivity (Wildman–Crippen MR) is 78.4 cm³/mol. The highest BCUT2D eigenvalue weighted by molar-refractivity contribution is 5.57.